The topological polar surface area (TPSA) is 80.0 Å². The number of rotatable bonds is 4. The zero-order valence-electron chi connectivity index (χ0n) is 8.56. The summed E-state index contributed by atoms with van der Waals surface area (Å²) in [5.74, 6) is 0. The van der Waals surface area contributed by atoms with Gasteiger partial charge in [-0.3, -0.25) is 0 Å². The van der Waals surface area contributed by atoms with Gasteiger partial charge in [-0.15, -0.1) is 0 Å². The zero-order valence-corrected chi connectivity index (χ0v) is 9.38. The lowest BCUT2D eigenvalue weighted by molar-refractivity contribution is 0.249. The minimum atomic E-state index is -0.504. The first-order chi connectivity index (χ1) is 7.77. The molecule has 0 bridgehead atoms. The molecule has 0 aliphatic carbocycles. The third-order valence-electron chi connectivity index (χ3n) is 2.09. The number of benzene rings is 1. The number of carbonyl (C=O) groups is 1. The van der Waals surface area contributed by atoms with Gasteiger partial charge >= 0.3 is 6.03 Å². The minimum Gasteiger partial charge on any atom is -0.373 e. The SMILES string of the molecule is NC(=O)NCCNc1snc2ccccc12. The number of anilines is 1. The van der Waals surface area contributed by atoms with Crippen molar-refractivity contribution >= 4 is 33.5 Å². The molecule has 5 nitrogen and oxygen atoms in total. The first-order valence-corrected chi connectivity index (χ1v) is 5.66. The molecular formula is C10H12N4OS. The maximum Gasteiger partial charge on any atom is 0.312 e. The van der Waals surface area contributed by atoms with Gasteiger partial charge in [0.2, 0.25) is 0 Å². The van der Waals surface area contributed by atoms with Crippen molar-refractivity contribution in [3.8, 4) is 0 Å². The summed E-state index contributed by atoms with van der Waals surface area (Å²) in [4.78, 5) is 10.4. The number of aromatic nitrogens is 1. The number of primary amides is 1. The van der Waals surface area contributed by atoms with Gasteiger partial charge in [-0.1, -0.05) is 12.1 Å². The van der Waals surface area contributed by atoms with Crippen molar-refractivity contribution < 1.29 is 4.79 Å². The highest BCUT2D eigenvalue weighted by Gasteiger charge is 2.03. The first-order valence-electron chi connectivity index (χ1n) is 4.89. The molecule has 0 fully saturated rings. The van der Waals surface area contributed by atoms with Crippen LogP contribution in [0.2, 0.25) is 0 Å². The van der Waals surface area contributed by atoms with Crippen LogP contribution in [0.15, 0.2) is 24.3 Å². The summed E-state index contributed by atoms with van der Waals surface area (Å²) >= 11 is 1.42. The third kappa shape index (κ3) is 2.40. The monoisotopic (exact) mass is 236 g/mol. The molecule has 1 aromatic carbocycles. The predicted molar refractivity (Wildman–Crippen MR) is 65.7 cm³/mol. The average molecular weight is 236 g/mol. The lowest BCUT2D eigenvalue weighted by atomic mass is 10.2. The van der Waals surface area contributed by atoms with Crippen molar-refractivity contribution in [2.24, 2.45) is 5.73 Å². The Morgan fingerprint density at radius 1 is 1.38 bits per heavy atom. The number of hydrogen-bond donors (Lipinski definition) is 3. The van der Waals surface area contributed by atoms with Gasteiger partial charge in [-0.25, -0.2) is 4.79 Å². The smallest absolute Gasteiger partial charge is 0.312 e. The van der Waals surface area contributed by atoms with Crippen molar-refractivity contribution in [2.45, 2.75) is 0 Å². The summed E-state index contributed by atoms with van der Waals surface area (Å²) in [7, 11) is 0. The van der Waals surface area contributed by atoms with E-state index in [0.717, 1.165) is 15.9 Å². The van der Waals surface area contributed by atoms with Crippen LogP contribution in [0.1, 0.15) is 0 Å². The Balaban J connectivity index is 1.97. The van der Waals surface area contributed by atoms with Crippen LogP contribution in [0.25, 0.3) is 10.9 Å². The van der Waals surface area contributed by atoms with Crippen LogP contribution in [-0.2, 0) is 0 Å². The van der Waals surface area contributed by atoms with Gasteiger partial charge in [0.05, 0.1) is 5.52 Å². The fraction of sp³-hybridized carbons (Fsp3) is 0.200. The Kier molecular flexibility index (Phi) is 3.21. The van der Waals surface area contributed by atoms with E-state index in [1.165, 1.54) is 11.5 Å². The summed E-state index contributed by atoms with van der Waals surface area (Å²) in [6.07, 6.45) is 0. The molecule has 6 heteroatoms. The molecule has 16 heavy (non-hydrogen) atoms. The van der Waals surface area contributed by atoms with Crippen molar-refractivity contribution in [1.29, 1.82) is 0 Å². The fourth-order valence-corrected chi connectivity index (χ4v) is 2.16. The number of nitrogens with two attached hydrogens (primary N) is 1. The van der Waals surface area contributed by atoms with Gasteiger partial charge < -0.3 is 16.4 Å². The summed E-state index contributed by atoms with van der Waals surface area (Å²) in [5, 5.41) is 7.84. The quantitative estimate of drug-likeness (QED) is 0.701. The maximum atomic E-state index is 10.4. The van der Waals surface area contributed by atoms with Gasteiger partial charge in [-0.05, 0) is 23.7 Å². The molecule has 4 N–H and O–H groups in total. The second-order valence-electron chi connectivity index (χ2n) is 3.25. The van der Waals surface area contributed by atoms with Crippen LogP contribution >= 0.6 is 11.5 Å². The standard InChI is InChI=1S/C10H12N4OS/c11-10(15)13-6-5-12-9-7-3-1-2-4-8(7)14-16-9/h1-4,12H,5-6H2,(H3,11,13,15). The number of nitrogens with zero attached hydrogens (tertiary/aromatic N) is 1. The lowest BCUT2D eigenvalue weighted by Crippen LogP contribution is -2.33. The second kappa shape index (κ2) is 4.80. The molecule has 0 saturated carbocycles. The highest BCUT2D eigenvalue weighted by molar-refractivity contribution is 7.11. The third-order valence-corrected chi connectivity index (χ3v) is 2.93. The predicted octanol–water partition coefficient (Wildman–Crippen LogP) is 1.38. The molecule has 1 heterocycles. The number of amides is 2. The van der Waals surface area contributed by atoms with Crippen LogP contribution in [-0.4, -0.2) is 23.5 Å². The lowest BCUT2D eigenvalue weighted by Gasteiger charge is -2.03. The Hall–Kier alpha value is -1.82. The highest BCUT2D eigenvalue weighted by atomic mass is 32.1. The summed E-state index contributed by atoms with van der Waals surface area (Å²) in [6, 6.07) is 7.42. The van der Waals surface area contributed by atoms with Crippen molar-refractivity contribution in [2.75, 3.05) is 18.4 Å². The van der Waals surface area contributed by atoms with Crippen molar-refractivity contribution in [3.63, 3.8) is 0 Å². The molecule has 0 aliphatic heterocycles. The van der Waals surface area contributed by atoms with Gasteiger partial charge in [0.25, 0.3) is 0 Å². The van der Waals surface area contributed by atoms with Crippen LogP contribution < -0.4 is 16.4 Å². The average Bonchev–Trinajstić information content (AvgIpc) is 2.68. The van der Waals surface area contributed by atoms with Gasteiger partial charge in [0.15, 0.2) is 0 Å². The van der Waals surface area contributed by atoms with E-state index < -0.39 is 6.03 Å². The van der Waals surface area contributed by atoms with Gasteiger partial charge in [0.1, 0.15) is 5.00 Å². The second-order valence-corrected chi connectivity index (χ2v) is 4.02. The van der Waals surface area contributed by atoms with Gasteiger partial charge in [-0.2, -0.15) is 4.37 Å². The molecule has 2 amide bonds. The van der Waals surface area contributed by atoms with Gasteiger partial charge in [0, 0.05) is 18.5 Å². The summed E-state index contributed by atoms with van der Waals surface area (Å²) in [6.45, 7) is 1.14. The molecule has 0 radical (unpaired) electrons. The summed E-state index contributed by atoms with van der Waals surface area (Å²) < 4.78 is 4.30. The van der Waals surface area contributed by atoms with E-state index in [9.17, 15) is 4.79 Å². The molecule has 0 spiro atoms. The number of carbonyl (C=O) groups excluding carboxylic acids is 1. The molecule has 2 aromatic rings. The maximum absolute atomic E-state index is 10.4. The van der Waals surface area contributed by atoms with E-state index >= 15 is 0 Å². The molecule has 0 saturated heterocycles. The Morgan fingerprint density at radius 3 is 3.00 bits per heavy atom. The molecule has 2 rings (SSSR count). The van der Waals surface area contributed by atoms with E-state index in [2.05, 4.69) is 15.0 Å². The molecule has 0 unspecified atom stereocenters. The highest BCUT2D eigenvalue weighted by Crippen LogP contribution is 2.26. The minimum absolute atomic E-state index is 0.502. The number of fused-ring (bicyclic) bond motifs is 1. The van der Waals surface area contributed by atoms with Crippen molar-refractivity contribution in [1.82, 2.24) is 9.69 Å². The zero-order chi connectivity index (χ0) is 11.4. The molecule has 84 valence electrons. The van der Waals surface area contributed by atoms with E-state index in [4.69, 9.17) is 5.73 Å². The molecule has 0 atom stereocenters. The normalized spacial score (nSPS) is 10.2. The molecular weight excluding hydrogens is 224 g/mol. The Bertz CT molecular complexity index is 496. The Labute approximate surface area is 96.8 Å². The largest absolute Gasteiger partial charge is 0.373 e. The van der Waals surface area contributed by atoms with Crippen LogP contribution in [0.5, 0.6) is 0 Å². The van der Waals surface area contributed by atoms with E-state index in [1.807, 2.05) is 24.3 Å². The van der Waals surface area contributed by atoms with E-state index in [1.54, 1.807) is 0 Å². The molecule has 1 aromatic heterocycles. The van der Waals surface area contributed by atoms with Crippen LogP contribution in [0.3, 0.4) is 0 Å². The number of urea groups is 1. The fourth-order valence-electron chi connectivity index (χ4n) is 1.38. The first kappa shape index (κ1) is 10.7. The van der Waals surface area contributed by atoms with E-state index in [-0.39, 0.29) is 0 Å². The van der Waals surface area contributed by atoms with E-state index in [0.29, 0.717) is 13.1 Å². The Morgan fingerprint density at radius 2 is 2.19 bits per heavy atom. The van der Waals surface area contributed by atoms with Crippen LogP contribution in [0, 0.1) is 0 Å². The van der Waals surface area contributed by atoms with Crippen LogP contribution in [0.4, 0.5) is 9.80 Å². The number of nitrogens with one attached hydrogen (secondary N) is 2. The summed E-state index contributed by atoms with van der Waals surface area (Å²) in [5.41, 5.74) is 5.94. The number of hydrogen-bond acceptors (Lipinski definition) is 4. The van der Waals surface area contributed by atoms with Crippen molar-refractivity contribution in [3.05, 3.63) is 24.3 Å². The molecule has 0 aliphatic rings.